The summed E-state index contributed by atoms with van der Waals surface area (Å²) in [4.78, 5) is 2.41. The average molecular weight is 276 g/mol. The van der Waals surface area contributed by atoms with Crippen LogP contribution in [0.1, 0.15) is 18.9 Å². The van der Waals surface area contributed by atoms with Crippen molar-refractivity contribution in [1.29, 1.82) is 0 Å². The molecule has 0 spiro atoms. The molecule has 4 nitrogen and oxygen atoms in total. The first-order valence-corrected chi connectivity index (χ1v) is 7.69. The molecule has 0 aliphatic carbocycles. The molecular weight excluding hydrogens is 252 g/mol. The summed E-state index contributed by atoms with van der Waals surface area (Å²) in [6.45, 7) is 7.77. The number of likely N-dealkylation sites (N-methyl/N-ethyl adjacent to an activating group) is 1. The van der Waals surface area contributed by atoms with Crippen molar-refractivity contribution in [2.75, 3.05) is 44.7 Å². The molecule has 1 N–H and O–H groups in total. The van der Waals surface area contributed by atoms with Crippen LogP contribution in [0.4, 0.5) is 5.69 Å². The summed E-state index contributed by atoms with van der Waals surface area (Å²) in [5, 5.41) is 3.46. The average Bonchev–Trinajstić information content (AvgIpc) is 2.53. The lowest BCUT2D eigenvalue weighted by molar-refractivity contribution is -0.0463. The number of fused-ring (bicyclic) bond motifs is 1. The number of benzene rings is 1. The highest BCUT2D eigenvalue weighted by Crippen LogP contribution is 2.32. The Morgan fingerprint density at radius 2 is 2.40 bits per heavy atom. The van der Waals surface area contributed by atoms with Crippen molar-refractivity contribution in [3.05, 3.63) is 23.8 Å². The van der Waals surface area contributed by atoms with Gasteiger partial charge in [0.15, 0.2) is 0 Å². The molecule has 1 saturated heterocycles. The van der Waals surface area contributed by atoms with Crippen molar-refractivity contribution in [2.45, 2.75) is 25.9 Å². The van der Waals surface area contributed by atoms with Gasteiger partial charge in [-0.05, 0) is 31.0 Å². The van der Waals surface area contributed by atoms with Crippen LogP contribution in [0.5, 0.6) is 5.75 Å². The fraction of sp³-hybridized carbons (Fsp3) is 0.625. The van der Waals surface area contributed by atoms with Crippen molar-refractivity contribution in [2.24, 2.45) is 0 Å². The summed E-state index contributed by atoms with van der Waals surface area (Å²) >= 11 is 0. The predicted molar refractivity (Wildman–Crippen MR) is 80.6 cm³/mol. The lowest BCUT2D eigenvalue weighted by Crippen LogP contribution is -2.44. The van der Waals surface area contributed by atoms with Crippen molar-refractivity contribution >= 4 is 5.69 Å². The minimum absolute atomic E-state index is 0.183. The molecule has 3 rings (SSSR count). The molecular formula is C16H24N2O2. The van der Waals surface area contributed by atoms with Gasteiger partial charge in [-0.15, -0.1) is 0 Å². The highest BCUT2D eigenvalue weighted by molar-refractivity contribution is 5.63. The SMILES string of the molecule is CCN1CCOC(COc2cccc3c2NCCC3)C1. The van der Waals surface area contributed by atoms with Crippen molar-refractivity contribution < 1.29 is 9.47 Å². The molecule has 0 saturated carbocycles. The van der Waals surface area contributed by atoms with Crippen LogP contribution in [0, 0.1) is 0 Å². The number of aryl methyl sites for hydroxylation is 1. The lowest BCUT2D eigenvalue weighted by atomic mass is 10.0. The minimum atomic E-state index is 0.183. The van der Waals surface area contributed by atoms with Crippen LogP contribution in [0.25, 0.3) is 0 Å². The molecule has 0 aromatic heterocycles. The summed E-state index contributed by atoms with van der Waals surface area (Å²) in [7, 11) is 0. The Morgan fingerprint density at radius 3 is 3.30 bits per heavy atom. The van der Waals surface area contributed by atoms with E-state index >= 15 is 0 Å². The number of nitrogens with zero attached hydrogens (tertiary/aromatic N) is 1. The molecule has 110 valence electrons. The first kappa shape index (κ1) is 13.7. The van der Waals surface area contributed by atoms with Crippen molar-refractivity contribution in [3.8, 4) is 5.75 Å². The molecule has 4 heteroatoms. The first-order valence-electron chi connectivity index (χ1n) is 7.69. The number of hydrogen-bond donors (Lipinski definition) is 1. The molecule has 0 amide bonds. The number of morpholine rings is 1. The maximum Gasteiger partial charge on any atom is 0.142 e. The normalized spacial score (nSPS) is 22.9. The molecule has 1 atom stereocenters. The Morgan fingerprint density at radius 1 is 1.45 bits per heavy atom. The van der Waals surface area contributed by atoms with Gasteiger partial charge in [0, 0.05) is 19.6 Å². The Kier molecular flexibility index (Phi) is 4.43. The molecule has 2 aliphatic rings. The van der Waals surface area contributed by atoms with Crippen molar-refractivity contribution in [3.63, 3.8) is 0 Å². The summed E-state index contributed by atoms with van der Waals surface area (Å²) in [6.07, 6.45) is 2.53. The van der Waals surface area contributed by atoms with Crippen LogP contribution in [0.15, 0.2) is 18.2 Å². The third kappa shape index (κ3) is 3.07. The third-order valence-corrected chi connectivity index (χ3v) is 4.13. The smallest absolute Gasteiger partial charge is 0.142 e. The van der Waals surface area contributed by atoms with Crippen LogP contribution >= 0.6 is 0 Å². The fourth-order valence-corrected chi connectivity index (χ4v) is 2.95. The monoisotopic (exact) mass is 276 g/mol. The number of para-hydroxylation sites is 1. The van der Waals surface area contributed by atoms with E-state index in [0.717, 1.165) is 45.0 Å². The zero-order chi connectivity index (χ0) is 13.8. The van der Waals surface area contributed by atoms with Crippen LogP contribution in [0.2, 0.25) is 0 Å². The van der Waals surface area contributed by atoms with Crippen LogP contribution in [-0.2, 0) is 11.2 Å². The van der Waals surface area contributed by atoms with Gasteiger partial charge in [-0.1, -0.05) is 19.1 Å². The van der Waals surface area contributed by atoms with Crippen LogP contribution in [0.3, 0.4) is 0 Å². The zero-order valence-corrected chi connectivity index (χ0v) is 12.2. The van der Waals surface area contributed by atoms with Gasteiger partial charge in [0.1, 0.15) is 18.5 Å². The molecule has 1 unspecified atom stereocenters. The maximum atomic E-state index is 6.02. The third-order valence-electron chi connectivity index (χ3n) is 4.13. The van der Waals surface area contributed by atoms with E-state index in [0.29, 0.717) is 6.61 Å². The van der Waals surface area contributed by atoms with Crippen LogP contribution in [-0.4, -0.2) is 50.4 Å². The fourth-order valence-electron chi connectivity index (χ4n) is 2.95. The second-order valence-electron chi connectivity index (χ2n) is 5.52. The summed E-state index contributed by atoms with van der Waals surface area (Å²) in [5.74, 6) is 0.972. The second kappa shape index (κ2) is 6.46. The Balaban J connectivity index is 1.61. The van der Waals surface area contributed by atoms with E-state index in [9.17, 15) is 0 Å². The van der Waals surface area contributed by atoms with E-state index in [1.165, 1.54) is 17.7 Å². The van der Waals surface area contributed by atoms with Gasteiger partial charge < -0.3 is 14.8 Å². The first-order chi connectivity index (χ1) is 9.86. The Hall–Kier alpha value is -1.26. The quantitative estimate of drug-likeness (QED) is 0.913. The van der Waals surface area contributed by atoms with E-state index < -0.39 is 0 Å². The molecule has 1 aromatic carbocycles. The van der Waals surface area contributed by atoms with Gasteiger partial charge in [0.05, 0.1) is 12.3 Å². The summed E-state index contributed by atoms with van der Waals surface area (Å²) < 4.78 is 11.8. The number of rotatable bonds is 4. The van der Waals surface area contributed by atoms with Crippen molar-refractivity contribution in [1.82, 2.24) is 4.90 Å². The minimum Gasteiger partial charge on any atom is -0.489 e. The standard InChI is InChI=1S/C16H24N2O2/c1-2-18-9-10-19-14(11-18)12-20-15-7-3-5-13-6-4-8-17-16(13)15/h3,5,7,14,17H,2,4,6,8-12H2,1H3. The van der Waals surface area contributed by atoms with Gasteiger partial charge in [-0.25, -0.2) is 0 Å². The topological polar surface area (TPSA) is 33.7 Å². The highest BCUT2D eigenvalue weighted by Gasteiger charge is 2.21. The van der Waals surface area contributed by atoms with Gasteiger partial charge >= 0.3 is 0 Å². The largest absolute Gasteiger partial charge is 0.489 e. The highest BCUT2D eigenvalue weighted by atomic mass is 16.5. The van der Waals surface area contributed by atoms with Gasteiger partial charge in [0.2, 0.25) is 0 Å². The molecule has 1 fully saturated rings. The number of nitrogens with one attached hydrogen (secondary N) is 1. The van der Waals surface area contributed by atoms with E-state index in [4.69, 9.17) is 9.47 Å². The summed E-state index contributed by atoms with van der Waals surface area (Å²) in [6, 6.07) is 6.32. The molecule has 2 aliphatic heterocycles. The maximum absolute atomic E-state index is 6.02. The van der Waals surface area contributed by atoms with E-state index in [1.807, 2.05) is 0 Å². The van der Waals surface area contributed by atoms with E-state index in [-0.39, 0.29) is 6.10 Å². The Labute approximate surface area is 121 Å². The molecule has 20 heavy (non-hydrogen) atoms. The van der Waals surface area contributed by atoms with Crippen LogP contribution < -0.4 is 10.1 Å². The molecule has 0 bridgehead atoms. The van der Waals surface area contributed by atoms with Gasteiger partial charge in [-0.3, -0.25) is 4.90 Å². The van der Waals surface area contributed by atoms with Gasteiger partial charge in [0.25, 0.3) is 0 Å². The molecule has 0 radical (unpaired) electrons. The number of hydrogen-bond acceptors (Lipinski definition) is 4. The second-order valence-corrected chi connectivity index (χ2v) is 5.52. The summed E-state index contributed by atoms with van der Waals surface area (Å²) in [5.41, 5.74) is 2.55. The van der Waals surface area contributed by atoms with E-state index in [1.54, 1.807) is 0 Å². The molecule has 2 heterocycles. The molecule has 1 aromatic rings. The lowest BCUT2D eigenvalue weighted by Gasteiger charge is -2.32. The number of anilines is 1. The Bertz CT molecular complexity index is 450. The number of ether oxygens (including phenoxy) is 2. The predicted octanol–water partition coefficient (Wildman–Crippen LogP) is 2.14. The van der Waals surface area contributed by atoms with E-state index in [2.05, 4.69) is 35.3 Å². The van der Waals surface area contributed by atoms with Gasteiger partial charge in [-0.2, -0.15) is 0 Å². The zero-order valence-electron chi connectivity index (χ0n) is 12.2.